The van der Waals surface area contributed by atoms with Crippen molar-refractivity contribution in [3.8, 4) is 28.7 Å². The average molecular weight is 528 g/mol. The molecule has 0 unspecified atom stereocenters. The molecule has 0 spiro atoms. The minimum Gasteiger partial charge on any atom is -0.497 e. The van der Waals surface area contributed by atoms with E-state index in [1.54, 1.807) is 26.4 Å². The van der Waals surface area contributed by atoms with Gasteiger partial charge in [-0.3, -0.25) is 4.79 Å². The number of hydrogen-bond acceptors (Lipinski definition) is 7. The smallest absolute Gasteiger partial charge is 0.254 e. The maximum Gasteiger partial charge on any atom is 0.254 e. The van der Waals surface area contributed by atoms with Crippen molar-refractivity contribution in [3.63, 3.8) is 0 Å². The van der Waals surface area contributed by atoms with Crippen molar-refractivity contribution in [1.29, 1.82) is 0 Å². The highest BCUT2D eigenvalue weighted by Gasteiger charge is 2.51. The molecule has 0 bridgehead atoms. The highest BCUT2D eigenvalue weighted by atomic mass is 16.5. The first-order valence-electron chi connectivity index (χ1n) is 13.7. The number of piperidine rings is 1. The average Bonchev–Trinajstić information content (AvgIpc) is 2.93. The van der Waals surface area contributed by atoms with Gasteiger partial charge in [0.05, 0.1) is 45.7 Å². The second-order valence-corrected chi connectivity index (χ2v) is 9.86. The lowest BCUT2D eigenvalue weighted by Crippen LogP contribution is -2.56. The summed E-state index contributed by atoms with van der Waals surface area (Å²) in [5.74, 6) is 2.51. The zero-order valence-corrected chi connectivity index (χ0v) is 23.2. The van der Waals surface area contributed by atoms with Gasteiger partial charge in [-0.2, -0.15) is 0 Å². The van der Waals surface area contributed by atoms with Crippen molar-refractivity contribution in [2.75, 3.05) is 40.6 Å². The molecule has 3 atom stereocenters. The topological polar surface area (TPSA) is 86.7 Å². The number of carbonyl (C=O) groups excluding carboxylic acids is 1. The molecule has 0 aromatic heterocycles. The van der Waals surface area contributed by atoms with E-state index in [1.807, 2.05) is 43.9 Å². The van der Waals surface area contributed by atoms with E-state index in [-0.39, 0.29) is 17.9 Å². The lowest BCUT2D eigenvalue weighted by molar-refractivity contribution is -0.115. The Kier molecular flexibility index (Phi) is 8.92. The monoisotopic (exact) mass is 527 g/mol. The fourth-order valence-corrected chi connectivity index (χ4v) is 6.04. The third-order valence-corrected chi connectivity index (χ3v) is 7.74. The normalized spacial score (nSPS) is 22.8. The third kappa shape index (κ3) is 5.37. The number of nitrogens with zero attached hydrogens (tertiary/aromatic N) is 1. The number of benzene rings is 2. The zero-order chi connectivity index (χ0) is 27.3. The molecule has 8 nitrogen and oxygen atoms in total. The van der Waals surface area contributed by atoms with E-state index in [2.05, 4.69) is 0 Å². The second-order valence-electron chi connectivity index (χ2n) is 9.86. The van der Waals surface area contributed by atoms with Crippen molar-refractivity contribution in [2.45, 2.75) is 64.5 Å². The first-order valence-corrected chi connectivity index (χ1v) is 13.7. The van der Waals surface area contributed by atoms with Gasteiger partial charge in [0.2, 0.25) is 5.75 Å². The van der Waals surface area contributed by atoms with Crippen molar-refractivity contribution in [1.82, 2.24) is 4.90 Å². The molecule has 8 heteroatoms. The van der Waals surface area contributed by atoms with Crippen molar-refractivity contribution < 1.29 is 33.6 Å². The van der Waals surface area contributed by atoms with Gasteiger partial charge in [-0.05, 0) is 70.4 Å². The molecule has 2 aromatic carbocycles. The van der Waals surface area contributed by atoms with E-state index in [9.17, 15) is 9.90 Å². The number of methoxy groups -OCH3 is 2. The molecule has 1 aliphatic heterocycles. The Morgan fingerprint density at radius 2 is 1.61 bits per heavy atom. The van der Waals surface area contributed by atoms with Gasteiger partial charge in [0.15, 0.2) is 11.5 Å². The van der Waals surface area contributed by atoms with Crippen LogP contribution in [0.25, 0.3) is 0 Å². The highest BCUT2D eigenvalue weighted by molar-refractivity contribution is 5.96. The van der Waals surface area contributed by atoms with Crippen LogP contribution in [0.15, 0.2) is 30.3 Å². The standard InChI is InChI=1S/C30H41NO7/c1-6-36-25-17-20(18-26(37-7-2)28(25)38-8-3)29(32)31-16-15-30(33)14-10-9-11-23(30)27(31)22-19-21(34-4)12-13-24(22)35-5/h12-13,17-19,23,27,33H,6-11,14-16H2,1-5H3/t23-,27-,30+/m0/s1. The maximum absolute atomic E-state index is 14.3. The molecular weight excluding hydrogens is 486 g/mol. The zero-order valence-electron chi connectivity index (χ0n) is 23.2. The predicted molar refractivity (Wildman–Crippen MR) is 145 cm³/mol. The number of hydrogen-bond donors (Lipinski definition) is 1. The number of rotatable bonds is 10. The summed E-state index contributed by atoms with van der Waals surface area (Å²) in [7, 11) is 3.25. The van der Waals surface area contributed by atoms with Crippen LogP contribution in [0.5, 0.6) is 28.7 Å². The van der Waals surface area contributed by atoms with Gasteiger partial charge in [0, 0.05) is 23.6 Å². The molecule has 1 heterocycles. The van der Waals surface area contributed by atoms with E-state index in [0.29, 0.717) is 67.1 Å². The van der Waals surface area contributed by atoms with Crippen LogP contribution < -0.4 is 23.7 Å². The summed E-state index contributed by atoms with van der Waals surface area (Å²) < 4.78 is 28.9. The lowest BCUT2D eigenvalue weighted by atomic mass is 9.66. The van der Waals surface area contributed by atoms with Crippen molar-refractivity contribution in [3.05, 3.63) is 41.5 Å². The highest BCUT2D eigenvalue weighted by Crippen LogP contribution is 2.52. The van der Waals surface area contributed by atoms with Gasteiger partial charge in [0.1, 0.15) is 11.5 Å². The van der Waals surface area contributed by atoms with E-state index < -0.39 is 5.60 Å². The van der Waals surface area contributed by atoms with Crippen LogP contribution in [0.1, 0.15) is 74.8 Å². The van der Waals surface area contributed by atoms with Crippen LogP contribution in [0.3, 0.4) is 0 Å². The Labute approximate surface area is 225 Å². The van der Waals surface area contributed by atoms with E-state index in [0.717, 1.165) is 31.2 Å². The molecule has 38 heavy (non-hydrogen) atoms. The fourth-order valence-electron chi connectivity index (χ4n) is 6.04. The third-order valence-electron chi connectivity index (χ3n) is 7.74. The number of ether oxygens (including phenoxy) is 5. The largest absolute Gasteiger partial charge is 0.497 e. The maximum atomic E-state index is 14.3. The number of likely N-dealkylation sites (tertiary alicyclic amines) is 1. The molecule has 208 valence electrons. The summed E-state index contributed by atoms with van der Waals surface area (Å²) >= 11 is 0. The van der Waals surface area contributed by atoms with Gasteiger partial charge in [0.25, 0.3) is 5.91 Å². The summed E-state index contributed by atoms with van der Waals surface area (Å²) in [6, 6.07) is 8.73. The van der Waals surface area contributed by atoms with E-state index in [1.165, 1.54) is 0 Å². The molecule has 2 aliphatic rings. The minimum atomic E-state index is -0.834. The molecule has 0 radical (unpaired) electrons. The minimum absolute atomic E-state index is 0.129. The Morgan fingerprint density at radius 3 is 2.21 bits per heavy atom. The molecular formula is C30H41NO7. The molecule has 1 saturated carbocycles. The molecule has 1 saturated heterocycles. The van der Waals surface area contributed by atoms with Gasteiger partial charge >= 0.3 is 0 Å². The quantitative estimate of drug-likeness (QED) is 0.442. The Bertz CT molecular complexity index is 1090. The van der Waals surface area contributed by atoms with Crippen LogP contribution in [0.2, 0.25) is 0 Å². The summed E-state index contributed by atoms with van der Waals surface area (Å²) in [6.07, 6.45) is 4.07. The number of fused-ring (bicyclic) bond motifs is 1. The fraction of sp³-hybridized carbons (Fsp3) is 0.567. The first kappa shape index (κ1) is 27.9. The summed E-state index contributed by atoms with van der Waals surface area (Å²) in [6.45, 7) is 7.39. The number of carbonyl (C=O) groups is 1. The van der Waals surface area contributed by atoms with Crippen LogP contribution in [-0.2, 0) is 0 Å². The summed E-state index contributed by atoms with van der Waals surface area (Å²) in [4.78, 5) is 16.2. The lowest BCUT2D eigenvalue weighted by Gasteiger charge is -2.52. The Hall–Kier alpha value is -3.13. The number of aliphatic hydroxyl groups is 1. The Morgan fingerprint density at radius 1 is 0.921 bits per heavy atom. The van der Waals surface area contributed by atoms with E-state index >= 15 is 0 Å². The van der Waals surface area contributed by atoms with Crippen LogP contribution in [0, 0.1) is 5.92 Å². The molecule has 1 amide bonds. The van der Waals surface area contributed by atoms with Crippen molar-refractivity contribution >= 4 is 5.91 Å². The number of amides is 1. The van der Waals surface area contributed by atoms with Crippen LogP contribution in [-0.4, -0.2) is 62.1 Å². The molecule has 4 rings (SSSR count). The van der Waals surface area contributed by atoms with Crippen LogP contribution >= 0.6 is 0 Å². The molecule has 1 aliphatic carbocycles. The molecule has 1 N–H and O–H groups in total. The van der Waals surface area contributed by atoms with Gasteiger partial charge < -0.3 is 33.7 Å². The predicted octanol–water partition coefficient (Wildman–Crippen LogP) is 5.41. The van der Waals surface area contributed by atoms with E-state index in [4.69, 9.17) is 23.7 Å². The van der Waals surface area contributed by atoms with Crippen molar-refractivity contribution in [2.24, 2.45) is 5.92 Å². The second kappa shape index (κ2) is 12.2. The summed E-state index contributed by atoms with van der Waals surface area (Å²) in [5, 5.41) is 11.7. The summed E-state index contributed by atoms with van der Waals surface area (Å²) in [5.41, 5.74) is 0.458. The Balaban J connectivity index is 1.83. The van der Waals surface area contributed by atoms with Crippen LogP contribution in [0.4, 0.5) is 0 Å². The molecule has 2 aromatic rings. The first-order chi connectivity index (χ1) is 18.4. The molecule has 2 fully saturated rings. The van der Waals surface area contributed by atoms with Gasteiger partial charge in [-0.25, -0.2) is 0 Å². The van der Waals surface area contributed by atoms with Gasteiger partial charge in [-0.1, -0.05) is 12.8 Å². The van der Waals surface area contributed by atoms with Gasteiger partial charge in [-0.15, -0.1) is 0 Å². The SMILES string of the molecule is CCOc1cc(C(=O)N2CC[C@]3(O)CCCC[C@H]3[C@@H]2c2cc(OC)ccc2OC)cc(OCC)c1OCC.